The van der Waals surface area contributed by atoms with E-state index in [4.69, 9.17) is 0 Å². The molecule has 0 amide bonds. The first kappa shape index (κ1) is 11.0. The Labute approximate surface area is 82.7 Å². The number of likely N-dealkylation sites (tertiary alicyclic amines) is 1. The predicted octanol–water partition coefficient (Wildman–Crippen LogP) is 1.71. The second-order valence-corrected chi connectivity index (χ2v) is 4.85. The van der Waals surface area contributed by atoms with Gasteiger partial charge in [-0.15, -0.1) is 0 Å². The van der Waals surface area contributed by atoms with Gasteiger partial charge >= 0.3 is 0 Å². The summed E-state index contributed by atoms with van der Waals surface area (Å²) in [5.74, 6) is 0.773. The zero-order valence-corrected chi connectivity index (χ0v) is 9.51. The fourth-order valence-corrected chi connectivity index (χ4v) is 1.88. The molecule has 1 aliphatic rings. The van der Waals surface area contributed by atoms with E-state index in [1.54, 1.807) is 0 Å². The molecule has 0 spiro atoms. The van der Waals surface area contributed by atoms with Gasteiger partial charge in [-0.3, -0.25) is 0 Å². The largest absolute Gasteiger partial charge is 0.314 e. The van der Waals surface area contributed by atoms with Crippen molar-refractivity contribution in [3.63, 3.8) is 0 Å². The van der Waals surface area contributed by atoms with Gasteiger partial charge in [0.2, 0.25) is 0 Å². The van der Waals surface area contributed by atoms with E-state index in [1.807, 2.05) is 0 Å². The Bertz CT molecular complexity index is 145. The molecule has 1 aliphatic heterocycles. The summed E-state index contributed by atoms with van der Waals surface area (Å²) in [6, 6.07) is 1.51. The molecule has 0 radical (unpaired) electrons. The van der Waals surface area contributed by atoms with E-state index in [0.717, 1.165) is 18.0 Å². The minimum absolute atomic E-state index is 0.749. The predicted molar refractivity (Wildman–Crippen MR) is 58.0 cm³/mol. The summed E-state index contributed by atoms with van der Waals surface area (Å²) in [6.45, 7) is 9.28. The van der Waals surface area contributed by atoms with Gasteiger partial charge < -0.3 is 10.2 Å². The molecule has 2 unspecified atom stereocenters. The van der Waals surface area contributed by atoms with E-state index in [0.29, 0.717) is 0 Å². The molecule has 78 valence electrons. The van der Waals surface area contributed by atoms with Crippen LogP contribution < -0.4 is 5.32 Å². The molecule has 2 nitrogen and oxygen atoms in total. The number of piperidine rings is 1. The normalized spacial score (nSPS) is 31.2. The lowest BCUT2D eigenvalue weighted by atomic mass is 9.98. The van der Waals surface area contributed by atoms with Gasteiger partial charge in [0.1, 0.15) is 0 Å². The molecule has 0 bridgehead atoms. The van der Waals surface area contributed by atoms with Gasteiger partial charge in [-0.05, 0) is 45.8 Å². The van der Waals surface area contributed by atoms with Gasteiger partial charge in [0.05, 0.1) is 0 Å². The number of hydrogen-bond donors (Lipinski definition) is 1. The molecule has 0 aromatic carbocycles. The van der Waals surface area contributed by atoms with Crippen LogP contribution in [0.2, 0.25) is 0 Å². The van der Waals surface area contributed by atoms with Crippen LogP contribution >= 0.6 is 0 Å². The summed E-state index contributed by atoms with van der Waals surface area (Å²) in [6.07, 6.45) is 2.62. The van der Waals surface area contributed by atoms with Gasteiger partial charge in [0, 0.05) is 12.1 Å². The monoisotopic (exact) mass is 184 g/mol. The van der Waals surface area contributed by atoms with Crippen molar-refractivity contribution in [2.24, 2.45) is 5.92 Å². The molecule has 0 aliphatic carbocycles. The quantitative estimate of drug-likeness (QED) is 0.718. The zero-order valence-electron chi connectivity index (χ0n) is 9.51. The van der Waals surface area contributed by atoms with E-state index in [9.17, 15) is 0 Å². The molecular weight excluding hydrogens is 160 g/mol. The summed E-state index contributed by atoms with van der Waals surface area (Å²) in [5, 5.41) is 3.65. The van der Waals surface area contributed by atoms with Crippen LogP contribution in [-0.2, 0) is 0 Å². The summed E-state index contributed by atoms with van der Waals surface area (Å²) in [4.78, 5) is 2.45. The van der Waals surface area contributed by atoms with Crippen LogP contribution in [0.4, 0.5) is 0 Å². The lowest BCUT2D eigenvalue weighted by Gasteiger charge is -2.35. The highest BCUT2D eigenvalue weighted by Crippen LogP contribution is 2.15. The average molecular weight is 184 g/mol. The third-order valence-electron chi connectivity index (χ3n) is 3.02. The van der Waals surface area contributed by atoms with Crippen LogP contribution in [0, 0.1) is 5.92 Å². The van der Waals surface area contributed by atoms with Crippen LogP contribution in [0.25, 0.3) is 0 Å². The Kier molecular flexibility index (Phi) is 4.20. The standard InChI is InChI=1S/C11H24N2/c1-9(2)8-12-11-5-6-13(4)10(3)7-11/h9-12H,5-8H2,1-4H3. The number of rotatable bonds is 3. The molecular formula is C11H24N2. The maximum Gasteiger partial charge on any atom is 0.00941 e. The number of nitrogens with zero attached hydrogens (tertiary/aromatic N) is 1. The topological polar surface area (TPSA) is 15.3 Å². The van der Waals surface area contributed by atoms with Crippen LogP contribution in [0.1, 0.15) is 33.6 Å². The minimum atomic E-state index is 0.749. The van der Waals surface area contributed by atoms with Crippen LogP contribution in [0.5, 0.6) is 0 Å². The maximum absolute atomic E-state index is 3.65. The van der Waals surface area contributed by atoms with E-state index in [2.05, 4.69) is 38.0 Å². The third-order valence-corrected chi connectivity index (χ3v) is 3.02. The first-order chi connectivity index (χ1) is 6.09. The Morgan fingerprint density at radius 2 is 2.15 bits per heavy atom. The Hall–Kier alpha value is -0.0800. The van der Waals surface area contributed by atoms with Crippen molar-refractivity contribution in [1.29, 1.82) is 0 Å². The van der Waals surface area contributed by atoms with E-state index >= 15 is 0 Å². The smallest absolute Gasteiger partial charge is 0.00941 e. The molecule has 1 N–H and O–H groups in total. The summed E-state index contributed by atoms with van der Waals surface area (Å²) < 4.78 is 0. The van der Waals surface area contributed by atoms with Crippen LogP contribution in [-0.4, -0.2) is 37.1 Å². The van der Waals surface area contributed by atoms with Gasteiger partial charge in [0.25, 0.3) is 0 Å². The third kappa shape index (κ3) is 3.65. The lowest BCUT2D eigenvalue weighted by Crippen LogP contribution is -2.46. The first-order valence-corrected chi connectivity index (χ1v) is 5.53. The minimum Gasteiger partial charge on any atom is -0.314 e. The first-order valence-electron chi connectivity index (χ1n) is 5.53. The van der Waals surface area contributed by atoms with Gasteiger partial charge in [-0.25, -0.2) is 0 Å². The van der Waals surface area contributed by atoms with Crippen LogP contribution in [0.3, 0.4) is 0 Å². The second kappa shape index (κ2) is 4.97. The highest BCUT2D eigenvalue weighted by Gasteiger charge is 2.21. The molecule has 0 aromatic rings. The van der Waals surface area contributed by atoms with Crippen molar-refractivity contribution in [2.75, 3.05) is 20.1 Å². The highest BCUT2D eigenvalue weighted by molar-refractivity contribution is 4.81. The summed E-state index contributed by atoms with van der Waals surface area (Å²) in [5.41, 5.74) is 0. The Morgan fingerprint density at radius 3 is 2.69 bits per heavy atom. The molecule has 1 rings (SSSR count). The molecule has 1 saturated heterocycles. The number of nitrogens with one attached hydrogen (secondary N) is 1. The fourth-order valence-electron chi connectivity index (χ4n) is 1.88. The van der Waals surface area contributed by atoms with E-state index in [1.165, 1.54) is 25.9 Å². The molecule has 13 heavy (non-hydrogen) atoms. The van der Waals surface area contributed by atoms with Gasteiger partial charge in [0.15, 0.2) is 0 Å². The second-order valence-electron chi connectivity index (χ2n) is 4.85. The maximum atomic E-state index is 3.65. The van der Waals surface area contributed by atoms with E-state index < -0.39 is 0 Å². The van der Waals surface area contributed by atoms with Crippen molar-refractivity contribution < 1.29 is 0 Å². The molecule has 2 atom stereocenters. The Balaban J connectivity index is 2.21. The summed E-state index contributed by atoms with van der Waals surface area (Å²) >= 11 is 0. The SMILES string of the molecule is CC(C)CNC1CCN(C)C(C)C1. The van der Waals surface area contributed by atoms with Crippen molar-refractivity contribution in [3.05, 3.63) is 0 Å². The van der Waals surface area contributed by atoms with Crippen molar-refractivity contribution in [1.82, 2.24) is 10.2 Å². The lowest BCUT2D eigenvalue weighted by molar-refractivity contribution is 0.167. The highest BCUT2D eigenvalue weighted by atomic mass is 15.1. The molecule has 2 heteroatoms. The number of hydrogen-bond acceptors (Lipinski definition) is 2. The zero-order chi connectivity index (χ0) is 9.84. The fraction of sp³-hybridized carbons (Fsp3) is 1.00. The van der Waals surface area contributed by atoms with Gasteiger partial charge in [-0.2, -0.15) is 0 Å². The summed E-state index contributed by atoms with van der Waals surface area (Å²) in [7, 11) is 2.23. The molecule has 1 fully saturated rings. The van der Waals surface area contributed by atoms with Crippen molar-refractivity contribution in [2.45, 2.75) is 45.7 Å². The molecule has 1 heterocycles. The van der Waals surface area contributed by atoms with Crippen molar-refractivity contribution >= 4 is 0 Å². The van der Waals surface area contributed by atoms with E-state index in [-0.39, 0.29) is 0 Å². The average Bonchev–Trinajstić information content (AvgIpc) is 2.07. The Morgan fingerprint density at radius 1 is 1.46 bits per heavy atom. The van der Waals surface area contributed by atoms with Crippen molar-refractivity contribution in [3.8, 4) is 0 Å². The molecule has 0 aromatic heterocycles. The van der Waals surface area contributed by atoms with Gasteiger partial charge in [-0.1, -0.05) is 13.8 Å². The molecule has 0 saturated carbocycles. The van der Waals surface area contributed by atoms with Crippen LogP contribution in [0.15, 0.2) is 0 Å².